The Labute approximate surface area is 130 Å². The molecule has 2 aromatic carbocycles. The number of nitrogens with one attached hydrogen (secondary N) is 1. The first-order chi connectivity index (χ1) is 10.4. The van der Waals surface area contributed by atoms with Crippen LogP contribution in [0.3, 0.4) is 0 Å². The molecule has 4 nitrogen and oxygen atoms in total. The third-order valence-electron chi connectivity index (χ3n) is 3.10. The highest BCUT2D eigenvalue weighted by Crippen LogP contribution is 2.17. The Morgan fingerprint density at radius 3 is 2.64 bits per heavy atom. The lowest BCUT2D eigenvalue weighted by molar-refractivity contribution is 0.340. The minimum absolute atomic E-state index is 0.0786. The first-order valence-electron chi connectivity index (χ1n) is 6.90. The Hall–Kier alpha value is -1.92. The number of rotatable bonds is 6. The van der Waals surface area contributed by atoms with Crippen molar-refractivity contribution in [1.29, 1.82) is 0 Å². The molecule has 0 aliphatic heterocycles. The van der Waals surface area contributed by atoms with Gasteiger partial charge in [-0.25, -0.2) is 17.5 Å². The van der Waals surface area contributed by atoms with E-state index in [1.165, 1.54) is 12.1 Å². The van der Waals surface area contributed by atoms with E-state index in [1.807, 2.05) is 19.1 Å². The van der Waals surface area contributed by atoms with E-state index in [2.05, 4.69) is 4.72 Å². The predicted octanol–water partition coefficient (Wildman–Crippen LogP) is 3.01. The van der Waals surface area contributed by atoms with E-state index >= 15 is 0 Å². The van der Waals surface area contributed by atoms with Crippen molar-refractivity contribution in [3.8, 4) is 5.75 Å². The van der Waals surface area contributed by atoms with Gasteiger partial charge in [-0.2, -0.15) is 0 Å². The average Bonchev–Trinajstić information content (AvgIpc) is 2.46. The van der Waals surface area contributed by atoms with Crippen molar-refractivity contribution in [3.63, 3.8) is 0 Å². The second-order valence-corrected chi connectivity index (χ2v) is 6.55. The summed E-state index contributed by atoms with van der Waals surface area (Å²) in [6.07, 6.45) is 0. The number of aryl methyl sites for hydroxylation is 1. The fourth-order valence-electron chi connectivity index (χ4n) is 2.08. The molecule has 0 saturated heterocycles. The van der Waals surface area contributed by atoms with Crippen LogP contribution in [-0.2, 0) is 16.6 Å². The molecule has 2 rings (SSSR count). The molecule has 0 heterocycles. The van der Waals surface area contributed by atoms with Gasteiger partial charge in [0.2, 0.25) is 10.0 Å². The highest BCUT2D eigenvalue weighted by Gasteiger charge is 2.16. The molecule has 0 spiro atoms. The highest BCUT2D eigenvalue weighted by atomic mass is 32.2. The van der Waals surface area contributed by atoms with Gasteiger partial charge in [-0.1, -0.05) is 12.1 Å². The summed E-state index contributed by atoms with van der Waals surface area (Å²) in [5.74, 6) is 0.234. The van der Waals surface area contributed by atoms with Gasteiger partial charge in [0.15, 0.2) is 0 Å². The van der Waals surface area contributed by atoms with Crippen molar-refractivity contribution in [3.05, 3.63) is 59.4 Å². The maximum Gasteiger partial charge on any atom is 0.241 e. The van der Waals surface area contributed by atoms with Gasteiger partial charge in [0.05, 0.1) is 11.5 Å². The molecule has 0 atom stereocenters. The van der Waals surface area contributed by atoms with Crippen LogP contribution in [0.5, 0.6) is 5.75 Å². The quantitative estimate of drug-likeness (QED) is 0.889. The van der Waals surface area contributed by atoms with Gasteiger partial charge in [0.1, 0.15) is 11.6 Å². The van der Waals surface area contributed by atoms with Crippen LogP contribution in [0.15, 0.2) is 47.4 Å². The van der Waals surface area contributed by atoms with E-state index in [0.29, 0.717) is 17.9 Å². The molecule has 0 radical (unpaired) electrons. The average molecular weight is 323 g/mol. The van der Waals surface area contributed by atoms with Gasteiger partial charge in [-0.15, -0.1) is 0 Å². The van der Waals surface area contributed by atoms with Crippen LogP contribution in [0.25, 0.3) is 0 Å². The number of hydrogen-bond donors (Lipinski definition) is 1. The molecular weight excluding hydrogens is 305 g/mol. The van der Waals surface area contributed by atoms with Crippen molar-refractivity contribution < 1.29 is 17.5 Å². The van der Waals surface area contributed by atoms with Gasteiger partial charge >= 0.3 is 0 Å². The van der Waals surface area contributed by atoms with Crippen LogP contribution in [0.4, 0.5) is 4.39 Å². The standard InChI is InChI=1S/C16H18FNO3S/c1-3-21-15-6-4-5-13(10-15)11-18-22(19,20)16-8-7-14(17)9-12(16)2/h4-10,18H,3,11H2,1-2H3. The Balaban J connectivity index is 2.14. The summed E-state index contributed by atoms with van der Waals surface area (Å²) in [6, 6.07) is 10.8. The van der Waals surface area contributed by atoms with Gasteiger partial charge in [-0.05, 0) is 55.3 Å². The Morgan fingerprint density at radius 2 is 1.95 bits per heavy atom. The number of benzene rings is 2. The van der Waals surface area contributed by atoms with Gasteiger partial charge in [0.25, 0.3) is 0 Å². The zero-order chi connectivity index (χ0) is 16.2. The topological polar surface area (TPSA) is 55.4 Å². The number of sulfonamides is 1. The summed E-state index contributed by atoms with van der Waals surface area (Å²) in [7, 11) is -3.69. The number of ether oxygens (including phenoxy) is 1. The molecule has 0 fully saturated rings. The van der Waals surface area contributed by atoms with Crippen molar-refractivity contribution >= 4 is 10.0 Å². The second kappa shape index (κ2) is 6.89. The van der Waals surface area contributed by atoms with Crippen LogP contribution in [-0.4, -0.2) is 15.0 Å². The first kappa shape index (κ1) is 16.5. The van der Waals surface area contributed by atoms with Crippen LogP contribution in [0, 0.1) is 12.7 Å². The Kier molecular flexibility index (Phi) is 5.15. The fourth-order valence-corrected chi connectivity index (χ4v) is 3.32. The molecule has 118 valence electrons. The summed E-state index contributed by atoms with van der Waals surface area (Å²) in [6.45, 7) is 4.13. The minimum atomic E-state index is -3.69. The molecule has 1 N–H and O–H groups in total. The normalized spacial score (nSPS) is 11.4. The van der Waals surface area contributed by atoms with E-state index in [4.69, 9.17) is 4.74 Å². The van der Waals surface area contributed by atoms with Gasteiger partial charge < -0.3 is 4.74 Å². The largest absolute Gasteiger partial charge is 0.494 e. The summed E-state index contributed by atoms with van der Waals surface area (Å²) in [5, 5.41) is 0. The number of halogens is 1. The molecule has 0 bridgehead atoms. The molecule has 0 aliphatic rings. The second-order valence-electron chi connectivity index (χ2n) is 4.81. The molecule has 0 unspecified atom stereocenters. The maximum atomic E-state index is 13.1. The lowest BCUT2D eigenvalue weighted by Crippen LogP contribution is -2.24. The molecule has 0 aromatic heterocycles. The van der Waals surface area contributed by atoms with Gasteiger partial charge in [-0.3, -0.25) is 0 Å². The van der Waals surface area contributed by atoms with E-state index in [9.17, 15) is 12.8 Å². The molecule has 0 aliphatic carbocycles. The van der Waals surface area contributed by atoms with Crippen LogP contribution in [0.1, 0.15) is 18.1 Å². The summed E-state index contributed by atoms with van der Waals surface area (Å²) in [5.41, 5.74) is 1.16. The molecule has 0 amide bonds. The van der Waals surface area contributed by atoms with Crippen molar-refractivity contribution in [2.24, 2.45) is 0 Å². The summed E-state index contributed by atoms with van der Waals surface area (Å²) < 4.78 is 45.5. The predicted molar refractivity (Wildman–Crippen MR) is 82.8 cm³/mol. The maximum absolute atomic E-state index is 13.1. The molecule has 2 aromatic rings. The van der Waals surface area contributed by atoms with Crippen LogP contribution in [0.2, 0.25) is 0 Å². The summed E-state index contributed by atoms with van der Waals surface area (Å²) in [4.78, 5) is 0.0786. The zero-order valence-corrected chi connectivity index (χ0v) is 13.3. The van der Waals surface area contributed by atoms with Crippen molar-refractivity contribution in [1.82, 2.24) is 4.72 Å². The van der Waals surface area contributed by atoms with E-state index < -0.39 is 15.8 Å². The highest BCUT2D eigenvalue weighted by molar-refractivity contribution is 7.89. The number of hydrogen-bond acceptors (Lipinski definition) is 3. The van der Waals surface area contributed by atoms with E-state index in [1.54, 1.807) is 19.1 Å². The van der Waals surface area contributed by atoms with E-state index in [0.717, 1.165) is 11.6 Å². The lowest BCUT2D eigenvalue weighted by Gasteiger charge is -2.10. The smallest absolute Gasteiger partial charge is 0.241 e. The zero-order valence-electron chi connectivity index (χ0n) is 12.5. The van der Waals surface area contributed by atoms with Gasteiger partial charge in [0, 0.05) is 6.54 Å². The first-order valence-corrected chi connectivity index (χ1v) is 8.38. The van der Waals surface area contributed by atoms with E-state index in [-0.39, 0.29) is 11.4 Å². The summed E-state index contributed by atoms with van der Waals surface area (Å²) >= 11 is 0. The molecular formula is C16H18FNO3S. The fraction of sp³-hybridized carbons (Fsp3) is 0.250. The van der Waals surface area contributed by atoms with Crippen LogP contribution >= 0.6 is 0 Å². The molecule has 22 heavy (non-hydrogen) atoms. The Morgan fingerprint density at radius 1 is 1.18 bits per heavy atom. The van der Waals surface area contributed by atoms with Crippen LogP contribution < -0.4 is 9.46 Å². The monoisotopic (exact) mass is 323 g/mol. The van der Waals surface area contributed by atoms with Crippen molar-refractivity contribution in [2.75, 3.05) is 6.61 Å². The SMILES string of the molecule is CCOc1cccc(CNS(=O)(=O)c2ccc(F)cc2C)c1. The third kappa shape index (κ3) is 4.05. The Bertz CT molecular complexity index is 760. The molecule has 0 saturated carbocycles. The lowest BCUT2D eigenvalue weighted by atomic mass is 10.2. The minimum Gasteiger partial charge on any atom is -0.494 e. The molecule has 6 heteroatoms. The third-order valence-corrected chi connectivity index (χ3v) is 4.66. The van der Waals surface area contributed by atoms with Crippen molar-refractivity contribution in [2.45, 2.75) is 25.3 Å².